The fourth-order valence-electron chi connectivity index (χ4n) is 1.38. The van der Waals surface area contributed by atoms with Gasteiger partial charge in [0.1, 0.15) is 11.6 Å². The van der Waals surface area contributed by atoms with E-state index in [0.717, 1.165) is 10.6 Å². The molecule has 2 rings (SSSR count). The lowest BCUT2D eigenvalue weighted by Gasteiger charge is -2.13. The summed E-state index contributed by atoms with van der Waals surface area (Å²) < 4.78 is 25.7. The van der Waals surface area contributed by atoms with Crippen molar-refractivity contribution in [3.8, 4) is 0 Å². The van der Waals surface area contributed by atoms with Gasteiger partial charge in [0.05, 0.1) is 0 Å². The Kier molecular flexibility index (Phi) is 4.38. The van der Waals surface area contributed by atoms with Crippen LogP contribution in [0.3, 0.4) is 0 Å². The second-order valence-corrected chi connectivity index (χ2v) is 7.83. The van der Waals surface area contributed by atoms with E-state index in [-0.39, 0.29) is 11.6 Å². The summed E-state index contributed by atoms with van der Waals surface area (Å²) in [6.45, 7) is 0. The Morgan fingerprint density at radius 1 is 0.765 bits per heavy atom. The molecular formula is C12H8ClF2PS. The minimum Gasteiger partial charge on any atom is -0.207 e. The standard InChI is InChI=1S/C12H8ClF2PS/c13-17-16(11-5-1-9(14)2-6-11)12-7-3-10(15)4-8-12/h1-8H. The van der Waals surface area contributed by atoms with Crippen molar-refractivity contribution in [2.24, 2.45) is 0 Å². The summed E-state index contributed by atoms with van der Waals surface area (Å²) in [6, 6.07) is 12.4. The van der Waals surface area contributed by atoms with Crippen LogP contribution >= 0.6 is 28.4 Å². The van der Waals surface area contributed by atoms with Crippen molar-refractivity contribution in [2.45, 2.75) is 0 Å². The van der Waals surface area contributed by atoms with Gasteiger partial charge in [-0.15, -0.1) is 0 Å². The van der Waals surface area contributed by atoms with E-state index < -0.39 is 7.12 Å². The molecule has 0 unspecified atom stereocenters. The van der Waals surface area contributed by atoms with Crippen LogP contribution in [-0.2, 0) is 0 Å². The zero-order valence-electron chi connectivity index (χ0n) is 8.61. The summed E-state index contributed by atoms with van der Waals surface area (Å²) in [6.07, 6.45) is 0. The van der Waals surface area contributed by atoms with Crippen molar-refractivity contribution in [1.82, 2.24) is 0 Å². The summed E-state index contributed by atoms with van der Waals surface area (Å²) >= 11 is 0. The van der Waals surface area contributed by atoms with E-state index in [0.29, 0.717) is 0 Å². The van der Waals surface area contributed by atoms with Crippen LogP contribution in [0.25, 0.3) is 0 Å². The van der Waals surface area contributed by atoms with E-state index in [1.165, 1.54) is 34.9 Å². The molecule has 0 aliphatic heterocycles. The van der Waals surface area contributed by atoms with Crippen molar-refractivity contribution in [1.29, 1.82) is 0 Å². The van der Waals surface area contributed by atoms with Crippen molar-refractivity contribution in [3.05, 3.63) is 60.2 Å². The molecule has 5 heteroatoms. The molecule has 0 atom stereocenters. The third-order valence-electron chi connectivity index (χ3n) is 2.19. The summed E-state index contributed by atoms with van der Waals surface area (Å²) in [4.78, 5) is 0. The monoisotopic (exact) mass is 288 g/mol. The van der Waals surface area contributed by atoms with E-state index in [4.69, 9.17) is 10.7 Å². The second kappa shape index (κ2) is 5.81. The Balaban J connectivity index is 2.33. The third-order valence-corrected chi connectivity index (χ3v) is 6.78. The smallest absolute Gasteiger partial charge is 0.123 e. The van der Waals surface area contributed by atoms with E-state index in [1.54, 1.807) is 24.3 Å². The first-order valence-corrected chi connectivity index (χ1v) is 8.39. The summed E-state index contributed by atoms with van der Waals surface area (Å²) in [5.74, 6) is -0.551. The van der Waals surface area contributed by atoms with Gasteiger partial charge in [-0.25, -0.2) is 8.78 Å². The van der Waals surface area contributed by atoms with Crippen LogP contribution < -0.4 is 10.6 Å². The first-order chi connectivity index (χ1) is 8.20. The van der Waals surface area contributed by atoms with E-state index in [2.05, 4.69) is 0 Å². The van der Waals surface area contributed by atoms with Crippen LogP contribution in [-0.4, -0.2) is 0 Å². The Bertz CT molecular complexity index is 441. The van der Waals surface area contributed by atoms with Crippen LogP contribution in [0.4, 0.5) is 8.78 Å². The minimum atomic E-state index is -0.825. The highest BCUT2D eigenvalue weighted by Gasteiger charge is 2.14. The molecular weight excluding hydrogens is 281 g/mol. The predicted molar refractivity (Wildman–Crippen MR) is 72.4 cm³/mol. The maximum atomic E-state index is 12.8. The molecule has 2 aromatic carbocycles. The first-order valence-electron chi connectivity index (χ1n) is 4.80. The van der Waals surface area contributed by atoms with Gasteiger partial charge < -0.3 is 0 Å². The highest BCUT2D eigenvalue weighted by molar-refractivity contribution is 8.70. The van der Waals surface area contributed by atoms with Crippen molar-refractivity contribution >= 4 is 39.0 Å². The lowest BCUT2D eigenvalue weighted by molar-refractivity contribution is 0.628. The molecule has 17 heavy (non-hydrogen) atoms. The second-order valence-electron chi connectivity index (χ2n) is 3.32. The molecule has 0 spiro atoms. The van der Waals surface area contributed by atoms with Gasteiger partial charge in [-0.1, -0.05) is 24.3 Å². The Morgan fingerprint density at radius 3 is 1.41 bits per heavy atom. The normalized spacial score (nSPS) is 10.8. The Labute approximate surface area is 108 Å². The molecule has 0 amide bonds. The molecule has 0 aliphatic carbocycles. The topological polar surface area (TPSA) is 0 Å². The van der Waals surface area contributed by atoms with Gasteiger partial charge in [0.15, 0.2) is 0 Å². The number of hydrogen-bond donors (Lipinski definition) is 0. The molecule has 0 aliphatic rings. The van der Waals surface area contributed by atoms with Gasteiger partial charge in [-0.05, 0) is 56.2 Å². The third kappa shape index (κ3) is 3.19. The average molecular weight is 289 g/mol. The highest BCUT2D eigenvalue weighted by Crippen LogP contribution is 2.50. The molecule has 0 nitrogen and oxygen atoms in total. The predicted octanol–water partition coefficient (Wildman–Crippen LogP) is 4.20. The van der Waals surface area contributed by atoms with E-state index in [1.807, 2.05) is 0 Å². The van der Waals surface area contributed by atoms with Crippen LogP contribution in [0.2, 0.25) is 0 Å². The van der Waals surface area contributed by atoms with Gasteiger partial charge >= 0.3 is 0 Å². The summed E-state index contributed by atoms with van der Waals surface area (Å²) in [5, 5.41) is 1.90. The average Bonchev–Trinajstić information content (AvgIpc) is 2.35. The number of rotatable bonds is 3. The molecule has 0 N–H and O–H groups in total. The lowest BCUT2D eigenvalue weighted by Crippen LogP contribution is -2.08. The Morgan fingerprint density at radius 2 is 1.12 bits per heavy atom. The maximum absolute atomic E-state index is 12.8. The van der Waals surface area contributed by atoms with E-state index >= 15 is 0 Å². The minimum absolute atomic E-state index is 0.276. The van der Waals surface area contributed by atoms with Crippen LogP contribution in [0.1, 0.15) is 0 Å². The quantitative estimate of drug-likeness (QED) is 0.763. The molecule has 0 fully saturated rings. The fourth-order valence-corrected chi connectivity index (χ4v) is 5.32. The highest BCUT2D eigenvalue weighted by atomic mass is 35.7. The molecule has 0 bridgehead atoms. The number of halogens is 3. The van der Waals surface area contributed by atoms with Crippen molar-refractivity contribution in [2.75, 3.05) is 0 Å². The van der Waals surface area contributed by atoms with Crippen LogP contribution in [0.5, 0.6) is 0 Å². The van der Waals surface area contributed by atoms with Gasteiger partial charge in [-0.3, -0.25) is 0 Å². The number of benzene rings is 2. The lowest BCUT2D eigenvalue weighted by atomic mass is 10.3. The number of hydrogen-bond acceptors (Lipinski definition) is 1. The fraction of sp³-hybridized carbons (Fsp3) is 0. The molecule has 88 valence electrons. The van der Waals surface area contributed by atoms with E-state index in [9.17, 15) is 8.78 Å². The Hall–Kier alpha value is -0.630. The molecule has 0 radical (unpaired) electrons. The van der Waals surface area contributed by atoms with Crippen molar-refractivity contribution in [3.63, 3.8) is 0 Å². The van der Waals surface area contributed by atoms with Gasteiger partial charge in [0.2, 0.25) is 0 Å². The zero-order chi connectivity index (χ0) is 12.3. The zero-order valence-corrected chi connectivity index (χ0v) is 11.1. The summed E-state index contributed by atoms with van der Waals surface area (Å²) in [7, 11) is 6.23. The molecule has 0 saturated heterocycles. The SMILES string of the molecule is Fc1ccc(P(SCl)c2ccc(F)cc2)cc1. The molecule has 0 heterocycles. The van der Waals surface area contributed by atoms with Gasteiger partial charge in [0, 0.05) is 7.12 Å². The van der Waals surface area contributed by atoms with Crippen molar-refractivity contribution < 1.29 is 8.78 Å². The first kappa shape index (κ1) is 12.8. The maximum Gasteiger partial charge on any atom is 0.123 e. The molecule has 2 aromatic rings. The van der Waals surface area contributed by atoms with Gasteiger partial charge in [0.25, 0.3) is 0 Å². The molecule has 0 saturated carbocycles. The largest absolute Gasteiger partial charge is 0.207 e. The van der Waals surface area contributed by atoms with Gasteiger partial charge in [-0.2, -0.15) is 0 Å². The van der Waals surface area contributed by atoms with Crippen LogP contribution in [0, 0.1) is 11.6 Å². The van der Waals surface area contributed by atoms with Crippen LogP contribution in [0.15, 0.2) is 48.5 Å². The molecule has 0 aromatic heterocycles. The summed E-state index contributed by atoms with van der Waals surface area (Å²) in [5.41, 5.74) is 0.